The summed E-state index contributed by atoms with van der Waals surface area (Å²) < 4.78 is 0. The van der Waals surface area contributed by atoms with Crippen LogP contribution in [0.5, 0.6) is 0 Å². The lowest BCUT2D eigenvalue weighted by Gasteiger charge is -2.15. The lowest BCUT2D eigenvalue weighted by Crippen LogP contribution is -2.32. The van der Waals surface area contributed by atoms with Gasteiger partial charge in [-0.2, -0.15) is 0 Å². The van der Waals surface area contributed by atoms with Gasteiger partial charge in [0.25, 0.3) is 5.56 Å². The Kier molecular flexibility index (Phi) is 3.66. The highest BCUT2D eigenvalue weighted by molar-refractivity contribution is 5.83. The molecule has 0 bridgehead atoms. The van der Waals surface area contributed by atoms with E-state index < -0.39 is 11.9 Å². The van der Waals surface area contributed by atoms with Gasteiger partial charge in [0.15, 0.2) is 0 Å². The second-order valence-electron chi connectivity index (χ2n) is 5.55. The van der Waals surface area contributed by atoms with Gasteiger partial charge >= 0.3 is 5.97 Å². The number of carboxylic acid groups (broad SMARTS) is 1. The highest BCUT2D eigenvalue weighted by Crippen LogP contribution is 2.18. The molecular weight excluding hydrogens is 284 g/mol. The van der Waals surface area contributed by atoms with Gasteiger partial charge in [0.05, 0.1) is 12.3 Å². The molecule has 2 N–H and O–H groups in total. The summed E-state index contributed by atoms with van der Waals surface area (Å²) in [5.41, 5.74) is 0.860. The first-order valence-electron chi connectivity index (χ1n) is 7.16. The van der Waals surface area contributed by atoms with Crippen molar-refractivity contribution in [2.24, 2.45) is 5.92 Å². The normalized spacial score (nSPS) is 17.8. The highest BCUT2D eigenvalue weighted by atomic mass is 16.4. The van der Waals surface area contributed by atoms with Crippen molar-refractivity contribution in [1.82, 2.24) is 9.88 Å². The van der Waals surface area contributed by atoms with E-state index in [4.69, 9.17) is 5.11 Å². The van der Waals surface area contributed by atoms with Gasteiger partial charge in [-0.25, -0.2) is 0 Å². The minimum Gasteiger partial charge on any atom is -0.481 e. The Labute approximate surface area is 126 Å². The van der Waals surface area contributed by atoms with E-state index in [0.29, 0.717) is 18.5 Å². The summed E-state index contributed by atoms with van der Waals surface area (Å²) in [6.45, 7) is 0.654. The van der Waals surface area contributed by atoms with Gasteiger partial charge < -0.3 is 15.0 Å². The van der Waals surface area contributed by atoms with Crippen molar-refractivity contribution in [3.63, 3.8) is 0 Å². The Morgan fingerprint density at radius 3 is 2.82 bits per heavy atom. The average molecular weight is 300 g/mol. The molecular formula is C16H16N2O4. The lowest BCUT2D eigenvalue weighted by atomic mass is 10.1. The van der Waals surface area contributed by atoms with Crippen molar-refractivity contribution in [3.8, 4) is 0 Å². The molecule has 1 aliphatic heterocycles. The first-order chi connectivity index (χ1) is 10.5. The summed E-state index contributed by atoms with van der Waals surface area (Å²) in [4.78, 5) is 39.5. The van der Waals surface area contributed by atoms with Crippen LogP contribution in [0.25, 0.3) is 10.9 Å². The van der Waals surface area contributed by atoms with Gasteiger partial charge in [-0.3, -0.25) is 14.4 Å². The van der Waals surface area contributed by atoms with Crippen molar-refractivity contribution < 1.29 is 14.7 Å². The number of nitrogens with one attached hydrogen (secondary N) is 1. The van der Waals surface area contributed by atoms with Crippen molar-refractivity contribution >= 4 is 22.8 Å². The van der Waals surface area contributed by atoms with Gasteiger partial charge in [0.1, 0.15) is 0 Å². The molecule has 1 aromatic carbocycles. The van der Waals surface area contributed by atoms with E-state index in [9.17, 15) is 14.4 Å². The average Bonchev–Trinajstić information content (AvgIpc) is 2.98. The summed E-state index contributed by atoms with van der Waals surface area (Å²) in [5.74, 6) is -1.58. The molecule has 1 aliphatic rings. The van der Waals surface area contributed by atoms with Crippen LogP contribution in [0.4, 0.5) is 0 Å². The number of benzene rings is 1. The summed E-state index contributed by atoms with van der Waals surface area (Å²) in [6, 6.07) is 9.09. The van der Waals surface area contributed by atoms with Crippen LogP contribution in [0.1, 0.15) is 12.0 Å². The number of hydrogen-bond acceptors (Lipinski definition) is 3. The summed E-state index contributed by atoms with van der Waals surface area (Å²) in [5, 5.41) is 9.84. The molecule has 6 nitrogen and oxygen atoms in total. The van der Waals surface area contributed by atoms with E-state index in [2.05, 4.69) is 4.98 Å². The van der Waals surface area contributed by atoms with Crippen LogP contribution in [0.15, 0.2) is 35.1 Å². The van der Waals surface area contributed by atoms with Crippen LogP contribution in [0.2, 0.25) is 0 Å². The molecule has 0 saturated carbocycles. The zero-order valence-electron chi connectivity index (χ0n) is 11.9. The number of aromatic nitrogens is 1. The van der Waals surface area contributed by atoms with E-state index in [-0.39, 0.29) is 24.4 Å². The van der Waals surface area contributed by atoms with Crippen LogP contribution in [0.3, 0.4) is 0 Å². The predicted octanol–water partition coefficient (Wildman–Crippen LogP) is 1.00. The number of aliphatic carboxylic acids is 1. The van der Waals surface area contributed by atoms with Gasteiger partial charge in [-0.05, 0) is 23.9 Å². The standard InChI is InChI=1S/C16H16N2O4/c19-14(18-6-5-11(9-18)16(21)22)8-12-7-10-3-1-2-4-13(10)17-15(12)20/h1-4,7,11H,5-6,8-9H2,(H,17,20)(H,21,22)/t11-/m0/s1. The maximum Gasteiger partial charge on any atom is 0.308 e. The third-order valence-corrected chi connectivity index (χ3v) is 4.06. The number of carboxylic acids is 1. The van der Waals surface area contributed by atoms with Crippen molar-refractivity contribution in [1.29, 1.82) is 0 Å². The topological polar surface area (TPSA) is 90.5 Å². The summed E-state index contributed by atoms with van der Waals surface area (Å²) in [7, 11) is 0. The number of carbonyl (C=O) groups excluding carboxylic acids is 1. The number of H-pyrrole nitrogens is 1. The van der Waals surface area contributed by atoms with Crippen LogP contribution in [0, 0.1) is 5.92 Å². The molecule has 0 radical (unpaired) electrons. The van der Waals surface area contributed by atoms with Gasteiger partial charge in [0.2, 0.25) is 5.91 Å². The lowest BCUT2D eigenvalue weighted by molar-refractivity contribution is -0.141. The number of amides is 1. The highest BCUT2D eigenvalue weighted by Gasteiger charge is 2.30. The van der Waals surface area contributed by atoms with Gasteiger partial charge in [-0.1, -0.05) is 18.2 Å². The number of para-hydroxylation sites is 1. The maximum absolute atomic E-state index is 12.3. The van der Waals surface area contributed by atoms with Crippen LogP contribution in [-0.4, -0.2) is 40.0 Å². The fraction of sp³-hybridized carbons (Fsp3) is 0.312. The van der Waals surface area contributed by atoms with E-state index in [1.165, 1.54) is 4.90 Å². The maximum atomic E-state index is 12.3. The van der Waals surface area contributed by atoms with Crippen LogP contribution >= 0.6 is 0 Å². The Balaban J connectivity index is 1.78. The SMILES string of the molecule is O=C(O)[C@H]1CCN(C(=O)Cc2cc3ccccc3[nH]c2=O)C1. The number of nitrogens with zero attached hydrogens (tertiary/aromatic N) is 1. The first-order valence-corrected chi connectivity index (χ1v) is 7.16. The van der Waals surface area contributed by atoms with E-state index >= 15 is 0 Å². The molecule has 0 aliphatic carbocycles. The zero-order chi connectivity index (χ0) is 15.7. The third kappa shape index (κ3) is 2.72. The number of carbonyl (C=O) groups is 2. The number of likely N-dealkylation sites (tertiary alicyclic amines) is 1. The number of hydrogen-bond donors (Lipinski definition) is 2. The molecule has 2 aromatic rings. The van der Waals surface area contributed by atoms with Crippen molar-refractivity contribution in [2.75, 3.05) is 13.1 Å². The summed E-state index contributed by atoms with van der Waals surface area (Å²) >= 11 is 0. The molecule has 3 rings (SSSR count). The molecule has 1 aromatic heterocycles. The van der Waals surface area contributed by atoms with Crippen LogP contribution < -0.4 is 5.56 Å². The second kappa shape index (κ2) is 5.63. The van der Waals surface area contributed by atoms with Crippen LogP contribution in [-0.2, 0) is 16.0 Å². The molecule has 2 heterocycles. The van der Waals surface area contributed by atoms with E-state index in [0.717, 1.165) is 10.9 Å². The quantitative estimate of drug-likeness (QED) is 0.885. The Morgan fingerprint density at radius 2 is 2.09 bits per heavy atom. The number of rotatable bonds is 3. The van der Waals surface area contributed by atoms with Gasteiger partial charge in [0, 0.05) is 24.2 Å². The predicted molar refractivity (Wildman–Crippen MR) is 80.6 cm³/mol. The van der Waals surface area contributed by atoms with E-state index in [1.807, 2.05) is 18.2 Å². The largest absolute Gasteiger partial charge is 0.481 e. The smallest absolute Gasteiger partial charge is 0.308 e. The third-order valence-electron chi connectivity index (χ3n) is 4.06. The molecule has 1 fully saturated rings. The van der Waals surface area contributed by atoms with Crippen molar-refractivity contribution in [2.45, 2.75) is 12.8 Å². The summed E-state index contributed by atoms with van der Waals surface area (Å²) in [6.07, 6.45) is 0.460. The molecule has 6 heteroatoms. The molecule has 0 spiro atoms. The molecule has 114 valence electrons. The Hall–Kier alpha value is -2.63. The zero-order valence-corrected chi connectivity index (χ0v) is 11.9. The number of aromatic amines is 1. The molecule has 1 saturated heterocycles. The second-order valence-corrected chi connectivity index (χ2v) is 5.55. The Bertz CT molecular complexity index is 796. The fourth-order valence-corrected chi connectivity index (χ4v) is 2.79. The Morgan fingerprint density at radius 1 is 1.32 bits per heavy atom. The molecule has 1 amide bonds. The number of fused-ring (bicyclic) bond motifs is 1. The molecule has 0 unspecified atom stereocenters. The molecule has 22 heavy (non-hydrogen) atoms. The first kappa shape index (κ1) is 14.3. The fourth-order valence-electron chi connectivity index (χ4n) is 2.79. The minimum atomic E-state index is -0.876. The van der Waals surface area contributed by atoms with E-state index in [1.54, 1.807) is 12.1 Å². The molecule has 1 atom stereocenters. The van der Waals surface area contributed by atoms with Crippen molar-refractivity contribution in [3.05, 3.63) is 46.2 Å². The van der Waals surface area contributed by atoms with Gasteiger partial charge in [-0.15, -0.1) is 0 Å². The minimum absolute atomic E-state index is 0.00743. The number of pyridine rings is 1. The monoisotopic (exact) mass is 300 g/mol.